The summed E-state index contributed by atoms with van der Waals surface area (Å²) in [6, 6.07) is 8.08. The van der Waals surface area contributed by atoms with E-state index in [9.17, 15) is 0 Å². The van der Waals surface area contributed by atoms with Gasteiger partial charge in [-0.3, -0.25) is 0 Å². The minimum atomic E-state index is -0.00978. The van der Waals surface area contributed by atoms with E-state index in [1.165, 1.54) is 0 Å². The number of ether oxygens (including phenoxy) is 1. The van der Waals surface area contributed by atoms with Gasteiger partial charge in [-0.05, 0) is 25.6 Å². The molecule has 90 valence electrons. The van der Waals surface area contributed by atoms with Crippen molar-refractivity contribution < 1.29 is 4.74 Å². The molecule has 1 N–H and O–H groups in total. The van der Waals surface area contributed by atoms with E-state index >= 15 is 0 Å². The Morgan fingerprint density at radius 2 is 2.18 bits per heavy atom. The second-order valence-corrected chi connectivity index (χ2v) is 4.44. The SMILES string of the molecule is C/C=C\C1=C(S)C(CNC)Oc2ccccc21. The molecule has 1 aromatic rings. The lowest BCUT2D eigenvalue weighted by Gasteiger charge is -2.28. The molecule has 17 heavy (non-hydrogen) atoms. The van der Waals surface area contributed by atoms with Gasteiger partial charge in [-0.25, -0.2) is 0 Å². The van der Waals surface area contributed by atoms with E-state index in [1.54, 1.807) is 0 Å². The van der Waals surface area contributed by atoms with Crippen LogP contribution >= 0.6 is 12.6 Å². The van der Waals surface area contributed by atoms with Crippen molar-refractivity contribution in [2.75, 3.05) is 13.6 Å². The van der Waals surface area contributed by atoms with Crippen LogP contribution in [0.3, 0.4) is 0 Å². The standard InChI is InChI=1S/C14H17NOS/c1-3-6-11-10-7-4-5-8-12(10)16-13(9-15-2)14(11)17/h3-8,13,15,17H,9H2,1-2H3/b6-3-. The van der Waals surface area contributed by atoms with Crippen molar-refractivity contribution in [3.8, 4) is 5.75 Å². The third-order valence-corrected chi connectivity index (χ3v) is 3.28. The molecule has 0 aromatic heterocycles. The van der Waals surface area contributed by atoms with Gasteiger partial charge in [0.2, 0.25) is 0 Å². The number of hydrogen-bond acceptors (Lipinski definition) is 3. The Kier molecular flexibility index (Phi) is 3.92. The maximum Gasteiger partial charge on any atom is 0.142 e. The number of rotatable bonds is 3. The minimum absolute atomic E-state index is 0.00978. The third-order valence-electron chi connectivity index (χ3n) is 2.75. The summed E-state index contributed by atoms with van der Waals surface area (Å²) in [6.07, 6.45) is 4.11. The number of hydrogen-bond donors (Lipinski definition) is 2. The molecule has 0 saturated carbocycles. The molecule has 0 aliphatic carbocycles. The highest BCUT2D eigenvalue weighted by molar-refractivity contribution is 7.84. The van der Waals surface area contributed by atoms with Crippen molar-refractivity contribution in [1.29, 1.82) is 0 Å². The van der Waals surface area contributed by atoms with Gasteiger partial charge in [0.05, 0.1) is 0 Å². The summed E-state index contributed by atoms with van der Waals surface area (Å²) in [5.41, 5.74) is 2.26. The quantitative estimate of drug-likeness (QED) is 0.801. The van der Waals surface area contributed by atoms with Gasteiger partial charge in [-0.15, -0.1) is 12.6 Å². The van der Waals surface area contributed by atoms with Crippen molar-refractivity contribution >= 4 is 18.2 Å². The van der Waals surface area contributed by atoms with Gasteiger partial charge in [0.15, 0.2) is 0 Å². The van der Waals surface area contributed by atoms with Gasteiger partial charge in [0.25, 0.3) is 0 Å². The van der Waals surface area contributed by atoms with Crippen molar-refractivity contribution in [2.45, 2.75) is 13.0 Å². The summed E-state index contributed by atoms with van der Waals surface area (Å²) >= 11 is 4.61. The summed E-state index contributed by atoms with van der Waals surface area (Å²) < 4.78 is 5.93. The van der Waals surface area contributed by atoms with Crippen molar-refractivity contribution in [3.05, 3.63) is 46.9 Å². The van der Waals surface area contributed by atoms with Crippen LogP contribution in [0.15, 0.2) is 41.3 Å². The van der Waals surface area contributed by atoms with Gasteiger partial charge >= 0.3 is 0 Å². The molecule has 1 heterocycles. The number of allylic oxidation sites excluding steroid dienone is 3. The lowest BCUT2D eigenvalue weighted by Crippen LogP contribution is -2.32. The molecule has 0 saturated heterocycles. The van der Waals surface area contributed by atoms with E-state index < -0.39 is 0 Å². The average molecular weight is 247 g/mol. The fraction of sp³-hybridized carbons (Fsp3) is 0.286. The van der Waals surface area contributed by atoms with E-state index in [2.05, 4.69) is 30.1 Å². The van der Waals surface area contributed by atoms with Gasteiger partial charge in [-0.2, -0.15) is 0 Å². The van der Waals surface area contributed by atoms with E-state index in [1.807, 2.05) is 38.2 Å². The summed E-state index contributed by atoms with van der Waals surface area (Å²) in [5.74, 6) is 0.929. The summed E-state index contributed by atoms with van der Waals surface area (Å²) in [4.78, 5) is 0.983. The third kappa shape index (κ3) is 2.40. The Balaban J connectivity index is 2.49. The highest BCUT2D eigenvalue weighted by atomic mass is 32.1. The molecule has 1 atom stereocenters. The molecule has 0 radical (unpaired) electrons. The number of fused-ring (bicyclic) bond motifs is 1. The van der Waals surface area contributed by atoms with Crippen LogP contribution in [0.4, 0.5) is 0 Å². The fourth-order valence-electron chi connectivity index (χ4n) is 1.98. The molecule has 1 unspecified atom stereocenters. The van der Waals surface area contributed by atoms with Crippen LogP contribution in [0.1, 0.15) is 12.5 Å². The van der Waals surface area contributed by atoms with E-state index in [0.29, 0.717) is 0 Å². The lowest BCUT2D eigenvalue weighted by atomic mass is 9.99. The molecule has 1 aliphatic heterocycles. The van der Waals surface area contributed by atoms with Crippen LogP contribution in [0.2, 0.25) is 0 Å². The zero-order valence-electron chi connectivity index (χ0n) is 10.1. The Labute approximate surface area is 108 Å². The lowest BCUT2D eigenvalue weighted by molar-refractivity contribution is 0.240. The largest absolute Gasteiger partial charge is 0.483 e. The van der Waals surface area contributed by atoms with Crippen LogP contribution in [0.5, 0.6) is 5.75 Å². The highest BCUT2D eigenvalue weighted by Gasteiger charge is 2.24. The molecule has 0 spiro atoms. The average Bonchev–Trinajstić information content (AvgIpc) is 2.35. The normalized spacial score (nSPS) is 19.4. The molecule has 3 heteroatoms. The summed E-state index contributed by atoms with van der Waals surface area (Å²) in [5, 5.41) is 3.13. The van der Waals surface area contributed by atoms with Crippen LogP contribution in [0.25, 0.3) is 5.57 Å². The zero-order chi connectivity index (χ0) is 12.3. The fourth-order valence-corrected chi connectivity index (χ4v) is 2.32. The van der Waals surface area contributed by atoms with E-state index in [0.717, 1.165) is 28.3 Å². The molecule has 2 nitrogen and oxygen atoms in total. The van der Waals surface area contributed by atoms with Gasteiger partial charge in [0.1, 0.15) is 11.9 Å². The Morgan fingerprint density at radius 1 is 1.41 bits per heavy atom. The van der Waals surface area contributed by atoms with Crippen LogP contribution < -0.4 is 10.1 Å². The van der Waals surface area contributed by atoms with Crippen molar-refractivity contribution in [2.24, 2.45) is 0 Å². The monoisotopic (exact) mass is 247 g/mol. The second-order valence-electron chi connectivity index (χ2n) is 3.96. The number of benzene rings is 1. The molecular weight excluding hydrogens is 230 g/mol. The molecule has 0 fully saturated rings. The molecular formula is C14H17NOS. The van der Waals surface area contributed by atoms with Gasteiger partial charge < -0.3 is 10.1 Å². The molecule has 2 rings (SSSR count). The smallest absolute Gasteiger partial charge is 0.142 e. The second kappa shape index (κ2) is 5.43. The van der Waals surface area contributed by atoms with Crippen molar-refractivity contribution in [3.63, 3.8) is 0 Å². The molecule has 0 bridgehead atoms. The van der Waals surface area contributed by atoms with Gasteiger partial charge in [-0.1, -0.05) is 30.4 Å². The van der Waals surface area contributed by atoms with Crippen LogP contribution in [0, 0.1) is 0 Å². The maximum absolute atomic E-state index is 5.93. The molecule has 0 amide bonds. The summed E-state index contributed by atoms with van der Waals surface area (Å²) in [6.45, 7) is 2.77. The number of thiol groups is 1. The predicted molar refractivity (Wildman–Crippen MR) is 75.5 cm³/mol. The predicted octanol–water partition coefficient (Wildman–Crippen LogP) is 2.88. The maximum atomic E-state index is 5.93. The van der Waals surface area contributed by atoms with Crippen molar-refractivity contribution in [1.82, 2.24) is 5.32 Å². The van der Waals surface area contributed by atoms with E-state index in [4.69, 9.17) is 4.74 Å². The Morgan fingerprint density at radius 3 is 2.88 bits per heavy atom. The van der Waals surface area contributed by atoms with Crippen LogP contribution in [-0.4, -0.2) is 19.7 Å². The number of nitrogens with one attached hydrogen (secondary N) is 1. The highest BCUT2D eigenvalue weighted by Crippen LogP contribution is 2.37. The zero-order valence-corrected chi connectivity index (χ0v) is 11.0. The first-order valence-electron chi connectivity index (χ1n) is 5.74. The molecule has 1 aliphatic rings. The Bertz CT molecular complexity index is 465. The minimum Gasteiger partial charge on any atom is -0.483 e. The number of likely N-dealkylation sites (N-methyl/N-ethyl adjacent to an activating group) is 1. The molecule has 1 aromatic carbocycles. The first-order valence-corrected chi connectivity index (χ1v) is 6.19. The number of para-hydroxylation sites is 1. The van der Waals surface area contributed by atoms with Crippen LogP contribution in [-0.2, 0) is 0 Å². The first-order chi connectivity index (χ1) is 8.27. The first kappa shape index (κ1) is 12.3. The topological polar surface area (TPSA) is 21.3 Å². The van der Waals surface area contributed by atoms with Gasteiger partial charge in [0, 0.05) is 17.0 Å². The van der Waals surface area contributed by atoms with E-state index in [-0.39, 0.29) is 6.10 Å². The summed E-state index contributed by atoms with van der Waals surface area (Å²) in [7, 11) is 1.92. The Hall–Kier alpha value is -1.19.